The first-order chi connectivity index (χ1) is 13.0. The maximum atomic E-state index is 14.5. The summed E-state index contributed by atoms with van der Waals surface area (Å²) in [6.45, 7) is 1.68. The lowest BCUT2D eigenvalue weighted by Crippen LogP contribution is -2.16. The third kappa shape index (κ3) is 4.38. The van der Waals surface area contributed by atoms with Crippen molar-refractivity contribution in [1.29, 1.82) is 0 Å². The molecule has 0 aliphatic rings. The number of carbonyl (C=O) groups excluding carboxylic acids is 1. The number of ether oxygens (including phenoxy) is 1. The van der Waals surface area contributed by atoms with Crippen LogP contribution in [-0.4, -0.2) is 11.0 Å². The van der Waals surface area contributed by atoms with E-state index >= 15 is 0 Å². The van der Waals surface area contributed by atoms with Crippen molar-refractivity contribution in [3.63, 3.8) is 0 Å². The van der Waals surface area contributed by atoms with E-state index in [1.165, 1.54) is 6.07 Å². The van der Waals surface area contributed by atoms with E-state index < -0.39 is 11.9 Å². The molecule has 0 fully saturated rings. The summed E-state index contributed by atoms with van der Waals surface area (Å²) in [6, 6.07) is 20.7. The van der Waals surface area contributed by atoms with Crippen LogP contribution in [0.2, 0.25) is 0 Å². The van der Waals surface area contributed by atoms with Crippen molar-refractivity contribution in [1.82, 2.24) is 0 Å². The average Bonchev–Trinajstić information content (AvgIpc) is 2.68. The Labute approximate surface area is 162 Å². The van der Waals surface area contributed by atoms with Gasteiger partial charge in [-0.3, -0.25) is 4.79 Å². The fraction of sp³-hybridized carbons (Fsp3) is 0.0909. The smallest absolute Gasteiger partial charge is 0.318 e. The van der Waals surface area contributed by atoms with E-state index in [2.05, 4.69) is 0 Å². The van der Waals surface area contributed by atoms with E-state index in [0.29, 0.717) is 22.4 Å². The highest BCUT2D eigenvalue weighted by atomic mass is 32.1. The third-order valence-corrected chi connectivity index (χ3v) is 4.52. The fourth-order valence-electron chi connectivity index (χ4n) is 2.68. The van der Waals surface area contributed by atoms with E-state index in [9.17, 15) is 9.18 Å². The van der Waals surface area contributed by atoms with Gasteiger partial charge in [-0.15, -0.1) is 0 Å². The second kappa shape index (κ2) is 8.10. The number of hydrogen-bond donors (Lipinski definition) is 1. The van der Waals surface area contributed by atoms with Crippen molar-refractivity contribution in [2.24, 2.45) is 5.73 Å². The standard InChI is InChI=1S/C22H18FNO2S/c1-14(22(25)26-18-10-7-16(8-11-18)21(24)27)17-9-12-19(20(23)13-17)15-5-3-2-4-6-15/h2-14H,1H3,(H2,24,27). The number of thiocarbonyl (C=S) groups is 1. The largest absolute Gasteiger partial charge is 0.426 e. The zero-order valence-corrected chi connectivity index (χ0v) is 15.5. The van der Waals surface area contributed by atoms with E-state index in [1.807, 2.05) is 30.3 Å². The molecule has 0 aliphatic heterocycles. The van der Waals surface area contributed by atoms with E-state index in [1.54, 1.807) is 43.3 Å². The molecule has 0 saturated heterocycles. The van der Waals surface area contributed by atoms with Gasteiger partial charge in [-0.1, -0.05) is 54.7 Å². The summed E-state index contributed by atoms with van der Waals surface area (Å²) in [6.07, 6.45) is 0. The molecule has 2 N–H and O–H groups in total. The van der Waals surface area contributed by atoms with Crippen LogP contribution in [0.15, 0.2) is 72.8 Å². The molecule has 136 valence electrons. The van der Waals surface area contributed by atoms with E-state index in [4.69, 9.17) is 22.7 Å². The summed E-state index contributed by atoms with van der Waals surface area (Å²) >= 11 is 4.89. The molecule has 3 nitrogen and oxygen atoms in total. The molecular formula is C22H18FNO2S. The lowest BCUT2D eigenvalue weighted by Gasteiger charge is -2.13. The van der Waals surface area contributed by atoms with Gasteiger partial charge in [0.2, 0.25) is 0 Å². The lowest BCUT2D eigenvalue weighted by molar-refractivity contribution is -0.135. The molecular weight excluding hydrogens is 361 g/mol. The number of rotatable bonds is 5. The predicted octanol–water partition coefficient (Wildman–Crippen LogP) is 4.84. The Bertz CT molecular complexity index is 971. The molecule has 0 radical (unpaired) electrons. The Morgan fingerprint density at radius 1 is 1.04 bits per heavy atom. The first-order valence-corrected chi connectivity index (χ1v) is 8.83. The summed E-state index contributed by atoms with van der Waals surface area (Å²) in [7, 11) is 0. The number of halogens is 1. The lowest BCUT2D eigenvalue weighted by atomic mass is 9.97. The number of esters is 1. The van der Waals surface area contributed by atoms with Crippen molar-refractivity contribution in [3.05, 3.63) is 89.7 Å². The topological polar surface area (TPSA) is 52.3 Å². The quantitative estimate of drug-likeness (QED) is 0.392. The van der Waals surface area contributed by atoms with Crippen molar-refractivity contribution in [2.75, 3.05) is 0 Å². The average molecular weight is 379 g/mol. The molecule has 0 spiro atoms. The van der Waals surface area contributed by atoms with Gasteiger partial charge in [0.25, 0.3) is 0 Å². The van der Waals surface area contributed by atoms with Crippen LogP contribution < -0.4 is 10.5 Å². The van der Waals surface area contributed by atoms with Gasteiger partial charge in [-0.05, 0) is 48.4 Å². The first-order valence-electron chi connectivity index (χ1n) is 8.42. The number of hydrogen-bond acceptors (Lipinski definition) is 3. The fourth-order valence-corrected chi connectivity index (χ4v) is 2.82. The molecule has 0 aromatic heterocycles. The summed E-state index contributed by atoms with van der Waals surface area (Å²) in [5.41, 5.74) is 8.07. The second-order valence-electron chi connectivity index (χ2n) is 6.14. The molecule has 0 amide bonds. The van der Waals surface area contributed by atoms with Crippen molar-refractivity contribution < 1.29 is 13.9 Å². The number of carbonyl (C=O) groups is 1. The van der Waals surface area contributed by atoms with Crippen LogP contribution in [0.5, 0.6) is 5.75 Å². The molecule has 1 atom stereocenters. The van der Waals surface area contributed by atoms with Crippen LogP contribution in [0.4, 0.5) is 4.39 Å². The zero-order valence-electron chi connectivity index (χ0n) is 14.7. The minimum atomic E-state index is -0.611. The summed E-state index contributed by atoms with van der Waals surface area (Å²) in [5.74, 6) is -1.07. The molecule has 3 rings (SSSR count). The van der Waals surface area contributed by atoms with Gasteiger partial charge in [0, 0.05) is 11.1 Å². The van der Waals surface area contributed by atoms with Crippen LogP contribution >= 0.6 is 12.2 Å². The number of benzene rings is 3. The van der Waals surface area contributed by atoms with E-state index in [0.717, 1.165) is 5.56 Å². The summed E-state index contributed by atoms with van der Waals surface area (Å²) in [5, 5.41) is 0. The van der Waals surface area contributed by atoms with Gasteiger partial charge in [0.05, 0.1) is 5.92 Å². The van der Waals surface area contributed by atoms with Gasteiger partial charge in [0.15, 0.2) is 0 Å². The molecule has 27 heavy (non-hydrogen) atoms. The second-order valence-corrected chi connectivity index (χ2v) is 6.58. The van der Waals surface area contributed by atoms with Crippen LogP contribution in [-0.2, 0) is 4.79 Å². The van der Waals surface area contributed by atoms with Crippen molar-refractivity contribution in [3.8, 4) is 16.9 Å². The minimum absolute atomic E-state index is 0.273. The van der Waals surface area contributed by atoms with Gasteiger partial charge in [0.1, 0.15) is 16.6 Å². The SMILES string of the molecule is CC(C(=O)Oc1ccc(C(N)=S)cc1)c1ccc(-c2ccccc2)c(F)c1. The molecule has 0 saturated carbocycles. The normalized spacial score (nSPS) is 11.6. The Kier molecular flexibility index (Phi) is 5.62. The van der Waals surface area contributed by atoms with Crippen molar-refractivity contribution >= 4 is 23.2 Å². The molecule has 0 bridgehead atoms. The highest BCUT2D eigenvalue weighted by Crippen LogP contribution is 2.27. The molecule has 3 aromatic carbocycles. The van der Waals surface area contributed by atoms with Crippen molar-refractivity contribution in [2.45, 2.75) is 12.8 Å². The number of nitrogens with two attached hydrogens (primary N) is 1. The summed E-state index contributed by atoms with van der Waals surface area (Å²) in [4.78, 5) is 12.7. The molecule has 0 heterocycles. The van der Waals surface area contributed by atoms with E-state index in [-0.39, 0.29) is 10.8 Å². The Morgan fingerprint density at radius 3 is 2.30 bits per heavy atom. The maximum absolute atomic E-state index is 14.5. The van der Waals surface area contributed by atoms with Crippen LogP contribution in [0.1, 0.15) is 24.0 Å². The first kappa shape index (κ1) is 18.7. The molecule has 3 aromatic rings. The highest BCUT2D eigenvalue weighted by molar-refractivity contribution is 7.80. The summed E-state index contributed by atoms with van der Waals surface area (Å²) < 4.78 is 19.9. The predicted molar refractivity (Wildman–Crippen MR) is 108 cm³/mol. The van der Waals surface area contributed by atoms with Crippen LogP contribution in [0.3, 0.4) is 0 Å². The van der Waals surface area contributed by atoms with Gasteiger partial charge in [-0.2, -0.15) is 0 Å². The minimum Gasteiger partial charge on any atom is -0.426 e. The molecule has 1 unspecified atom stereocenters. The van der Waals surface area contributed by atoms with Gasteiger partial charge < -0.3 is 10.5 Å². The van der Waals surface area contributed by atoms with Crippen LogP contribution in [0.25, 0.3) is 11.1 Å². The van der Waals surface area contributed by atoms with Gasteiger partial charge in [-0.25, -0.2) is 4.39 Å². The Morgan fingerprint density at radius 2 is 1.70 bits per heavy atom. The molecule has 0 aliphatic carbocycles. The maximum Gasteiger partial charge on any atom is 0.318 e. The van der Waals surface area contributed by atoms with Gasteiger partial charge >= 0.3 is 5.97 Å². The highest BCUT2D eigenvalue weighted by Gasteiger charge is 2.19. The Balaban J connectivity index is 1.75. The zero-order chi connectivity index (χ0) is 19.4. The Hall–Kier alpha value is -3.05. The monoisotopic (exact) mass is 379 g/mol. The third-order valence-electron chi connectivity index (χ3n) is 4.29. The molecule has 5 heteroatoms. The van der Waals surface area contributed by atoms with Crippen LogP contribution in [0, 0.1) is 5.82 Å².